The molecule has 0 aliphatic carbocycles. The van der Waals surface area contributed by atoms with Crippen molar-refractivity contribution in [3.05, 3.63) is 25.3 Å². The molecule has 0 aromatic heterocycles. The maximum atomic E-state index is 11.2. The molecule has 1 rings (SSSR count). The average Bonchev–Trinajstić information content (AvgIpc) is 2.34. The van der Waals surface area contributed by atoms with Crippen LogP contribution in [0.25, 0.3) is 0 Å². The van der Waals surface area contributed by atoms with E-state index in [0.29, 0.717) is 12.8 Å². The Balaban J connectivity index is 2.43. The molecule has 0 bridgehead atoms. The number of rotatable bonds is 4. The summed E-state index contributed by atoms with van der Waals surface area (Å²) < 4.78 is 5.46. The molecular weight excluding hydrogens is 152 g/mol. The zero-order valence-corrected chi connectivity index (χ0v) is 7.16. The largest absolute Gasteiger partial charge is 0.366 e. The zero-order chi connectivity index (χ0) is 8.97. The first-order valence-electron chi connectivity index (χ1n) is 4.18. The average molecular weight is 166 g/mol. The van der Waals surface area contributed by atoms with Crippen molar-refractivity contribution in [3.8, 4) is 0 Å². The molecule has 2 unspecified atom stereocenters. The van der Waals surface area contributed by atoms with Crippen LogP contribution >= 0.6 is 0 Å². The monoisotopic (exact) mass is 166 g/mol. The van der Waals surface area contributed by atoms with Gasteiger partial charge in [0.25, 0.3) is 0 Å². The number of ketones is 1. The van der Waals surface area contributed by atoms with Gasteiger partial charge in [0.05, 0.1) is 6.10 Å². The number of ether oxygens (including phenoxy) is 1. The lowest BCUT2D eigenvalue weighted by Crippen LogP contribution is -2.14. The fourth-order valence-corrected chi connectivity index (χ4v) is 1.38. The second kappa shape index (κ2) is 4.21. The molecule has 0 aromatic carbocycles. The third-order valence-electron chi connectivity index (χ3n) is 1.95. The molecule has 1 aliphatic heterocycles. The van der Waals surface area contributed by atoms with E-state index < -0.39 is 0 Å². The molecule has 66 valence electrons. The minimum absolute atomic E-state index is 0.0555. The van der Waals surface area contributed by atoms with E-state index in [9.17, 15) is 4.79 Å². The Morgan fingerprint density at radius 1 is 1.42 bits per heavy atom. The van der Waals surface area contributed by atoms with Crippen molar-refractivity contribution < 1.29 is 9.53 Å². The molecule has 1 saturated heterocycles. The van der Waals surface area contributed by atoms with E-state index in [-0.39, 0.29) is 18.0 Å². The highest BCUT2D eigenvalue weighted by Crippen LogP contribution is 2.21. The predicted octanol–water partition coefficient (Wildman–Crippen LogP) is 1.87. The Hall–Kier alpha value is -0.890. The van der Waals surface area contributed by atoms with E-state index >= 15 is 0 Å². The van der Waals surface area contributed by atoms with Gasteiger partial charge in [-0.05, 0) is 12.8 Å². The summed E-state index contributed by atoms with van der Waals surface area (Å²) in [5, 5.41) is 0. The van der Waals surface area contributed by atoms with E-state index in [1.807, 2.05) is 0 Å². The van der Waals surface area contributed by atoms with Gasteiger partial charge in [-0.2, -0.15) is 0 Å². The van der Waals surface area contributed by atoms with Crippen molar-refractivity contribution in [1.82, 2.24) is 0 Å². The molecule has 2 nitrogen and oxygen atoms in total. The second-order valence-electron chi connectivity index (χ2n) is 2.97. The third kappa shape index (κ3) is 2.05. The highest BCUT2D eigenvalue weighted by Gasteiger charge is 2.31. The minimum atomic E-state index is -0.243. The number of hydrogen-bond donors (Lipinski definition) is 0. The first kappa shape index (κ1) is 9.20. The van der Waals surface area contributed by atoms with Crippen molar-refractivity contribution in [2.75, 3.05) is 0 Å². The van der Waals surface area contributed by atoms with Crippen LogP contribution < -0.4 is 0 Å². The molecule has 1 heterocycles. The van der Waals surface area contributed by atoms with Gasteiger partial charge >= 0.3 is 0 Å². The lowest BCUT2D eigenvalue weighted by atomic mass is 10.1. The summed E-state index contributed by atoms with van der Waals surface area (Å²) in [7, 11) is 0. The van der Waals surface area contributed by atoms with Crippen LogP contribution in [-0.2, 0) is 9.53 Å². The van der Waals surface area contributed by atoms with Gasteiger partial charge < -0.3 is 4.74 Å². The van der Waals surface area contributed by atoms with Crippen molar-refractivity contribution in [1.29, 1.82) is 0 Å². The summed E-state index contributed by atoms with van der Waals surface area (Å²) in [6.45, 7) is 7.19. The first-order valence-corrected chi connectivity index (χ1v) is 4.18. The van der Waals surface area contributed by atoms with E-state index in [2.05, 4.69) is 13.2 Å². The fraction of sp³-hybridized carbons (Fsp3) is 0.500. The second-order valence-corrected chi connectivity index (χ2v) is 2.97. The summed E-state index contributed by atoms with van der Waals surface area (Å²) in [6, 6.07) is 0. The molecule has 0 aromatic rings. The maximum Gasteiger partial charge on any atom is 0.164 e. The van der Waals surface area contributed by atoms with Crippen LogP contribution in [0.2, 0.25) is 0 Å². The van der Waals surface area contributed by atoms with Crippen LogP contribution in [0.1, 0.15) is 19.3 Å². The van der Waals surface area contributed by atoms with Crippen molar-refractivity contribution in [3.63, 3.8) is 0 Å². The SMILES string of the molecule is C=CCC1CC(=O)C(CC=C)O1. The molecule has 2 atom stereocenters. The summed E-state index contributed by atoms with van der Waals surface area (Å²) in [6.07, 6.45) is 5.25. The first-order chi connectivity index (χ1) is 5.77. The van der Waals surface area contributed by atoms with Gasteiger partial charge in [0.1, 0.15) is 6.10 Å². The van der Waals surface area contributed by atoms with Crippen LogP contribution in [0, 0.1) is 0 Å². The van der Waals surface area contributed by atoms with E-state index in [1.54, 1.807) is 12.2 Å². The van der Waals surface area contributed by atoms with Gasteiger partial charge in [0.15, 0.2) is 5.78 Å². The molecular formula is C10H14O2. The lowest BCUT2D eigenvalue weighted by Gasteiger charge is -2.07. The summed E-state index contributed by atoms with van der Waals surface area (Å²) >= 11 is 0. The number of hydrogen-bond acceptors (Lipinski definition) is 2. The lowest BCUT2D eigenvalue weighted by molar-refractivity contribution is -0.122. The van der Waals surface area contributed by atoms with E-state index in [0.717, 1.165) is 6.42 Å². The molecule has 0 saturated carbocycles. The van der Waals surface area contributed by atoms with Crippen molar-refractivity contribution in [2.24, 2.45) is 0 Å². The normalized spacial score (nSPS) is 28.8. The Labute approximate surface area is 72.9 Å². The summed E-state index contributed by atoms with van der Waals surface area (Å²) in [4.78, 5) is 11.2. The minimum Gasteiger partial charge on any atom is -0.366 e. The van der Waals surface area contributed by atoms with Crippen molar-refractivity contribution in [2.45, 2.75) is 31.5 Å². The van der Waals surface area contributed by atoms with Gasteiger partial charge in [-0.25, -0.2) is 0 Å². The van der Waals surface area contributed by atoms with E-state index in [4.69, 9.17) is 4.74 Å². The Bertz CT molecular complexity index is 196. The van der Waals surface area contributed by atoms with Gasteiger partial charge in [-0.15, -0.1) is 13.2 Å². The Morgan fingerprint density at radius 3 is 2.67 bits per heavy atom. The standard InChI is InChI=1S/C10H14O2/c1-3-5-8-7-9(11)10(12-8)6-4-2/h3-4,8,10H,1-2,5-7H2. The molecule has 1 fully saturated rings. The fourth-order valence-electron chi connectivity index (χ4n) is 1.38. The molecule has 0 amide bonds. The number of carbonyl (C=O) groups is 1. The predicted molar refractivity (Wildman–Crippen MR) is 47.9 cm³/mol. The molecule has 0 spiro atoms. The Kier molecular flexibility index (Phi) is 3.23. The van der Waals surface area contributed by atoms with Crippen LogP contribution in [0.15, 0.2) is 25.3 Å². The van der Waals surface area contributed by atoms with Gasteiger partial charge in [0, 0.05) is 6.42 Å². The highest BCUT2D eigenvalue weighted by molar-refractivity contribution is 5.85. The molecule has 0 radical (unpaired) electrons. The van der Waals surface area contributed by atoms with Gasteiger partial charge in [0.2, 0.25) is 0 Å². The van der Waals surface area contributed by atoms with Crippen LogP contribution in [0.4, 0.5) is 0 Å². The smallest absolute Gasteiger partial charge is 0.164 e. The quantitative estimate of drug-likeness (QED) is 0.596. The summed E-state index contributed by atoms with van der Waals surface area (Å²) in [5.41, 5.74) is 0. The number of carbonyl (C=O) groups excluding carboxylic acids is 1. The van der Waals surface area contributed by atoms with Gasteiger partial charge in [-0.3, -0.25) is 4.79 Å². The van der Waals surface area contributed by atoms with Crippen LogP contribution in [0.3, 0.4) is 0 Å². The molecule has 2 heteroatoms. The third-order valence-corrected chi connectivity index (χ3v) is 1.95. The highest BCUT2D eigenvalue weighted by atomic mass is 16.5. The Morgan fingerprint density at radius 2 is 2.08 bits per heavy atom. The maximum absolute atomic E-state index is 11.2. The molecule has 0 N–H and O–H groups in total. The van der Waals surface area contributed by atoms with Crippen LogP contribution in [0.5, 0.6) is 0 Å². The molecule has 12 heavy (non-hydrogen) atoms. The summed E-state index contributed by atoms with van der Waals surface area (Å²) in [5.74, 6) is 0.196. The number of Topliss-reactive ketones (excluding diaryl/α,β-unsaturated/α-hetero) is 1. The topological polar surface area (TPSA) is 26.3 Å². The van der Waals surface area contributed by atoms with Crippen molar-refractivity contribution >= 4 is 5.78 Å². The van der Waals surface area contributed by atoms with E-state index in [1.165, 1.54) is 0 Å². The van der Waals surface area contributed by atoms with Crippen LogP contribution in [-0.4, -0.2) is 18.0 Å². The zero-order valence-electron chi connectivity index (χ0n) is 7.16. The van der Waals surface area contributed by atoms with Gasteiger partial charge in [-0.1, -0.05) is 12.2 Å². The molecule has 1 aliphatic rings.